The van der Waals surface area contributed by atoms with Gasteiger partial charge >= 0.3 is 12.3 Å². The summed E-state index contributed by atoms with van der Waals surface area (Å²) < 4.78 is 48.1. The van der Waals surface area contributed by atoms with Crippen LogP contribution in [0.4, 0.5) is 13.2 Å². The van der Waals surface area contributed by atoms with E-state index >= 15 is 0 Å². The molecule has 3 rings (SSSR count). The maximum atomic E-state index is 12.5. The molecule has 7 nitrogen and oxygen atoms in total. The summed E-state index contributed by atoms with van der Waals surface area (Å²) in [6.07, 6.45) is -0.326. The topological polar surface area (TPSA) is 82.5 Å². The molecule has 0 aliphatic heterocycles. The second-order valence-electron chi connectivity index (χ2n) is 9.36. The lowest BCUT2D eigenvalue weighted by molar-refractivity contribution is -0.274. The van der Waals surface area contributed by atoms with Gasteiger partial charge in [-0.2, -0.15) is 5.10 Å². The van der Waals surface area contributed by atoms with E-state index in [0.29, 0.717) is 23.4 Å². The number of hydrogen-bond donors (Lipinski definition) is 1. The minimum absolute atomic E-state index is 0.0965. The molecule has 1 unspecified atom stereocenters. The number of halogens is 3. The van der Waals surface area contributed by atoms with Crippen LogP contribution < -0.4 is 10.1 Å². The number of benzene rings is 2. The van der Waals surface area contributed by atoms with E-state index in [4.69, 9.17) is 5.10 Å². The van der Waals surface area contributed by atoms with Crippen molar-refractivity contribution in [3.63, 3.8) is 0 Å². The molecule has 10 heteroatoms. The zero-order valence-electron chi connectivity index (χ0n) is 22.4. The van der Waals surface area contributed by atoms with Crippen LogP contribution in [-0.4, -0.2) is 41.7 Å². The summed E-state index contributed by atoms with van der Waals surface area (Å²) in [5.74, 6) is -0.733. The van der Waals surface area contributed by atoms with Gasteiger partial charge in [0, 0.05) is 23.4 Å². The van der Waals surface area contributed by atoms with E-state index in [2.05, 4.69) is 28.6 Å². The molecule has 2 aromatic carbocycles. The van der Waals surface area contributed by atoms with Crippen LogP contribution in [0.3, 0.4) is 0 Å². The average Bonchev–Trinajstić information content (AvgIpc) is 3.32. The highest BCUT2D eigenvalue weighted by atomic mass is 19.4. The molecule has 39 heavy (non-hydrogen) atoms. The fraction of sp³-hybridized carbons (Fsp3) is 0.414. The predicted octanol–water partition coefficient (Wildman–Crippen LogP) is 6.47. The quantitative estimate of drug-likeness (QED) is 0.197. The molecule has 0 spiro atoms. The van der Waals surface area contributed by atoms with E-state index in [0.717, 1.165) is 36.9 Å². The van der Waals surface area contributed by atoms with Crippen molar-refractivity contribution in [2.75, 3.05) is 13.7 Å². The number of ether oxygens (including phenoxy) is 2. The molecule has 0 aliphatic carbocycles. The first-order valence-corrected chi connectivity index (χ1v) is 13.0. The number of esters is 1. The zero-order chi connectivity index (χ0) is 28.4. The lowest BCUT2D eigenvalue weighted by atomic mass is 9.98. The van der Waals surface area contributed by atoms with Gasteiger partial charge < -0.3 is 14.8 Å². The number of nitrogens with zero attached hydrogens (tertiary/aromatic N) is 2. The monoisotopic (exact) mass is 545 g/mol. The highest BCUT2D eigenvalue weighted by molar-refractivity contribution is 5.94. The molecule has 1 amide bonds. The van der Waals surface area contributed by atoms with Gasteiger partial charge in [-0.25, -0.2) is 0 Å². The SMILES string of the molecule is CCCCCC(C)c1cc(-c2ccc(OC(F)(F)F)cc2)nn1Cc1ccc(C(=O)NCCC(=O)OC)cc1. The Bertz CT molecular complexity index is 1220. The van der Waals surface area contributed by atoms with Crippen LogP contribution in [-0.2, 0) is 16.1 Å². The van der Waals surface area contributed by atoms with E-state index in [1.807, 2.05) is 22.9 Å². The van der Waals surface area contributed by atoms with E-state index < -0.39 is 12.3 Å². The fourth-order valence-corrected chi connectivity index (χ4v) is 4.19. The van der Waals surface area contributed by atoms with Gasteiger partial charge in [0.2, 0.25) is 0 Å². The molecule has 0 saturated carbocycles. The third kappa shape index (κ3) is 9.15. The lowest BCUT2D eigenvalue weighted by Gasteiger charge is -2.14. The van der Waals surface area contributed by atoms with Gasteiger partial charge in [-0.15, -0.1) is 13.2 Å². The van der Waals surface area contributed by atoms with Crippen molar-refractivity contribution < 1.29 is 32.2 Å². The van der Waals surface area contributed by atoms with Gasteiger partial charge in [-0.1, -0.05) is 45.2 Å². The first-order chi connectivity index (χ1) is 18.6. The molecule has 1 aromatic heterocycles. The lowest BCUT2D eigenvalue weighted by Crippen LogP contribution is -2.26. The number of alkyl halides is 3. The third-order valence-electron chi connectivity index (χ3n) is 6.33. The van der Waals surface area contributed by atoms with Crippen LogP contribution in [0.5, 0.6) is 5.75 Å². The molecule has 0 saturated heterocycles. The standard InChI is InChI=1S/C29H34F3N3O4/c1-4-5-6-7-20(2)26-18-25(22-12-14-24(15-13-22)39-29(30,31)32)34-35(26)19-21-8-10-23(11-9-21)28(37)33-17-16-27(36)38-3/h8-15,18,20H,4-7,16-17,19H2,1-3H3,(H,33,37). The molecule has 0 radical (unpaired) electrons. The second kappa shape index (κ2) is 13.8. The van der Waals surface area contributed by atoms with Gasteiger partial charge in [-0.05, 0) is 60.4 Å². The molecule has 1 heterocycles. The fourth-order valence-electron chi connectivity index (χ4n) is 4.19. The Morgan fingerprint density at radius 3 is 2.36 bits per heavy atom. The molecule has 1 N–H and O–H groups in total. The number of carbonyl (C=O) groups is 2. The Balaban J connectivity index is 1.77. The molecule has 0 fully saturated rings. The van der Waals surface area contributed by atoms with E-state index in [-0.39, 0.29) is 30.5 Å². The van der Waals surface area contributed by atoms with E-state index in [1.165, 1.54) is 19.2 Å². The largest absolute Gasteiger partial charge is 0.573 e. The van der Waals surface area contributed by atoms with Crippen LogP contribution in [0.25, 0.3) is 11.3 Å². The summed E-state index contributed by atoms with van der Waals surface area (Å²) in [7, 11) is 1.30. The van der Waals surface area contributed by atoms with Crippen molar-refractivity contribution in [3.05, 3.63) is 71.4 Å². The van der Waals surface area contributed by atoms with Crippen LogP contribution in [0, 0.1) is 0 Å². The zero-order valence-corrected chi connectivity index (χ0v) is 22.4. The number of carbonyl (C=O) groups excluding carboxylic acids is 2. The van der Waals surface area contributed by atoms with Crippen molar-refractivity contribution in [1.82, 2.24) is 15.1 Å². The molecular formula is C29H34F3N3O4. The molecule has 0 bridgehead atoms. The van der Waals surface area contributed by atoms with Crippen LogP contribution in [0.1, 0.15) is 73.5 Å². The van der Waals surface area contributed by atoms with E-state index in [1.54, 1.807) is 24.3 Å². The Hall–Kier alpha value is -3.82. The minimum atomic E-state index is -4.75. The summed E-state index contributed by atoms with van der Waals surface area (Å²) in [4.78, 5) is 23.6. The van der Waals surface area contributed by atoms with Gasteiger partial charge in [-0.3, -0.25) is 14.3 Å². The Morgan fingerprint density at radius 1 is 1.05 bits per heavy atom. The van der Waals surface area contributed by atoms with Gasteiger partial charge in [0.15, 0.2) is 0 Å². The molecule has 210 valence electrons. The minimum Gasteiger partial charge on any atom is -0.469 e. The maximum Gasteiger partial charge on any atom is 0.573 e. The first kappa shape index (κ1) is 29.7. The van der Waals surface area contributed by atoms with Crippen LogP contribution in [0.15, 0.2) is 54.6 Å². The summed E-state index contributed by atoms with van der Waals surface area (Å²) in [5.41, 5.74) is 3.78. The van der Waals surface area contributed by atoms with Crippen molar-refractivity contribution >= 4 is 11.9 Å². The molecule has 0 aliphatic rings. The van der Waals surface area contributed by atoms with Crippen LogP contribution in [0.2, 0.25) is 0 Å². The first-order valence-electron chi connectivity index (χ1n) is 13.0. The van der Waals surface area contributed by atoms with Gasteiger partial charge in [0.1, 0.15) is 5.75 Å². The number of rotatable bonds is 13. The normalized spacial score (nSPS) is 12.2. The highest BCUT2D eigenvalue weighted by Gasteiger charge is 2.31. The smallest absolute Gasteiger partial charge is 0.469 e. The molecule has 3 aromatic rings. The summed E-state index contributed by atoms with van der Waals surface area (Å²) >= 11 is 0. The average molecular weight is 546 g/mol. The number of nitrogens with one attached hydrogen (secondary N) is 1. The number of amides is 1. The van der Waals surface area contributed by atoms with E-state index in [9.17, 15) is 22.8 Å². The number of methoxy groups -OCH3 is 1. The number of unbranched alkanes of at least 4 members (excludes halogenated alkanes) is 2. The van der Waals surface area contributed by atoms with Crippen molar-refractivity contribution in [3.8, 4) is 17.0 Å². The van der Waals surface area contributed by atoms with Crippen LogP contribution >= 0.6 is 0 Å². The number of hydrogen-bond acceptors (Lipinski definition) is 5. The Kier molecular flexibility index (Phi) is 10.5. The third-order valence-corrected chi connectivity index (χ3v) is 6.33. The van der Waals surface area contributed by atoms with Gasteiger partial charge in [0.25, 0.3) is 5.91 Å². The Labute approximate surface area is 226 Å². The van der Waals surface area contributed by atoms with Crippen molar-refractivity contribution in [2.45, 2.75) is 64.8 Å². The molecular weight excluding hydrogens is 511 g/mol. The van der Waals surface area contributed by atoms with Crippen molar-refractivity contribution in [2.24, 2.45) is 0 Å². The summed E-state index contributed by atoms with van der Waals surface area (Å²) in [5, 5.41) is 7.47. The second-order valence-corrected chi connectivity index (χ2v) is 9.36. The van der Waals surface area contributed by atoms with Crippen molar-refractivity contribution in [1.29, 1.82) is 0 Å². The molecule has 1 atom stereocenters. The number of aromatic nitrogens is 2. The Morgan fingerprint density at radius 2 is 1.74 bits per heavy atom. The maximum absolute atomic E-state index is 12.5. The summed E-state index contributed by atoms with van der Waals surface area (Å²) in [6, 6.07) is 14.8. The van der Waals surface area contributed by atoms with Gasteiger partial charge in [0.05, 0.1) is 25.8 Å². The highest BCUT2D eigenvalue weighted by Crippen LogP contribution is 2.30. The summed E-state index contributed by atoms with van der Waals surface area (Å²) in [6.45, 7) is 4.95. The predicted molar refractivity (Wildman–Crippen MR) is 141 cm³/mol.